The van der Waals surface area contributed by atoms with Gasteiger partial charge in [-0.25, -0.2) is 18.1 Å². The molecular formula is C9H15N5O4S. The minimum atomic E-state index is -3.32. The first-order valence-electron chi connectivity index (χ1n) is 5.37. The van der Waals surface area contributed by atoms with Gasteiger partial charge in [-0.2, -0.15) is 0 Å². The molecule has 0 aliphatic rings. The molecule has 9 nitrogen and oxygen atoms in total. The quantitative estimate of drug-likeness (QED) is 0.476. The number of anilines is 2. The topological polar surface area (TPSA) is 126 Å². The maximum Gasteiger partial charge on any atom is 0.276 e. The summed E-state index contributed by atoms with van der Waals surface area (Å²) in [7, 11) is -0.417. The van der Waals surface area contributed by atoms with Gasteiger partial charge in [0.25, 0.3) is 5.69 Å². The van der Waals surface area contributed by atoms with E-state index in [-0.39, 0.29) is 23.8 Å². The van der Waals surface area contributed by atoms with E-state index in [0.29, 0.717) is 5.82 Å². The van der Waals surface area contributed by atoms with E-state index in [1.165, 1.54) is 19.2 Å². The van der Waals surface area contributed by atoms with Crippen LogP contribution in [0.25, 0.3) is 0 Å². The molecule has 0 atom stereocenters. The molecule has 3 N–H and O–H groups in total. The van der Waals surface area contributed by atoms with Crippen LogP contribution in [-0.4, -0.2) is 44.7 Å². The fourth-order valence-corrected chi connectivity index (χ4v) is 1.83. The highest BCUT2D eigenvalue weighted by atomic mass is 32.2. The summed E-state index contributed by atoms with van der Waals surface area (Å²) in [5.41, 5.74) is -0.127. The second-order valence-corrected chi connectivity index (χ2v) is 5.60. The average Bonchev–Trinajstić information content (AvgIpc) is 2.38. The number of rotatable bonds is 7. The van der Waals surface area contributed by atoms with E-state index < -0.39 is 14.9 Å². The number of nitro groups is 1. The van der Waals surface area contributed by atoms with Gasteiger partial charge in [0, 0.05) is 13.6 Å². The molecule has 0 radical (unpaired) electrons. The van der Waals surface area contributed by atoms with Crippen LogP contribution in [0.1, 0.15) is 0 Å². The molecule has 0 unspecified atom stereocenters. The summed E-state index contributed by atoms with van der Waals surface area (Å²) in [5, 5.41) is 16.1. The largest absolute Gasteiger partial charge is 0.373 e. The number of hydrogen-bond donors (Lipinski definition) is 3. The zero-order valence-electron chi connectivity index (χ0n) is 10.5. The van der Waals surface area contributed by atoms with E-state index >= 15 is 0 Å². The number of sulfonamides is 1. The molecule has 1 aromatic heterocycles. The van der Waals surface area contributed by atoms with Gasteiger partial charge in [-0.05, 0) is 7.05 Å². The van der Waals surface area contributed by atoms with Crippen LogP contribution in [0.2, 0.25) is 0 Å². The predicted molar refractivity (Wildman–Crippen MR) is 71.8 cm³/mol. The molecule has 0 aromatic carbocycles. The number of nitrogens with one attached hydrogen (secondary N) is 3. The van der Waals surface area contributed by atoms with E-state index in [1.54, 1.807) is 7.05 Å². The van der Waals surface area contributed by atoms with Crippen LogP contribution in [0.3, 0.4) is 0 Å². The Morgan fingerprint density at radius 1 is 1.32 bits per heavy atom. The second-order valence-electron chi connectivity index (χ2n) is 3.55. The van der Waals surface area contributed by atoms with Gasteiger partial charge in [0.2, 0.25) is 10.0 Å². The summed E-state index contributed by atoms with van der Waals surface area (Å²) in [6, 6.07) is 2.53. The Hall–Kier alpha value is -1.94. The average molecular weight is 289 g/mol. The van der Waals surface area contributed by atoms with Crippen molar-refractivity contribution in [2.45, 2.75) is 0 Å². The Morgan fingerprint density at radius 2 is 1.95 bits per heavy atom. The molecule has 1 heterocycles. The molecule has 19 heavy (non-hydrogen) atoms. The third-order valence-electron chi connectivity index (χ3n) is 2.26. The molecule has 0 aliphatic carbocycles. The van der Waals surface area contributed by atoms with Crippen molar-refractivity contribution in [1.29, 1.82) is 0 Å². The van der Waals surface area contributed by atoms with Gasteiger partial charge >= 0.3 is 0 Å². The minimum absolute atomic E-state index is 0.0977. The summed E-state index contributed by atoms with van der Waals surface area (Å²) in [5.74, 6) is 0.418. The van der Waals surface area contributed by atoms with Crippen molar-refractivity contribution in [3.05, 3.63) is 22.2 Å². The summed E-state index contributed by atoms with van der Waals surface area (Å²) in [4.78, 5) is 14.2. The lowest BCUT2D eigenvalue weighted by molar-refractivity contribution is -0.384. The Kier molecular flexibility index (Phi) is 5.01. The maximum atomic E-state index is 11.2. The Labute approximate surface area is 110 Å². The fourth-order valence-electron chi connectivity index (χ4n) is 1.26. The van der Waals surface area contributed by atoms with Gasteiger partial charge in [-0.3, -0.25) is 10.1 Å². The molecule has 1 aromatic rings. The molecule has 0 fully saturated rings. The van der Waals surface area contributed by atoms with Gasteiger partial charge in [0.15, 0.2) is 0 Å². The van der Waals surface area contributed by atoms with Crippen molar-refractivity contribution in [2.24, 2.45) is 0 Å². The Bertz CT molecular complexity index is 560. The number of aromatic nitrogens is 1. The van der Waals surface area contributed by atoms with E-state index in [9.17, 15) is 18.5 Å². The first kappa shape index (κ1) is 15.1. The first-order chi connectivity index (χ1) is 8.88. The summed E-state index contributed by atoms with van der Waals surface area (Å²) >= 11 is 0. The maximum absolute atomic E-state index is 11.2. The van der Waals surface area contributed by atoms with Crippen LogP contribution in [0.4, 0.5) is 17.3 Å². The Balaban J connectivity index is 2.78. The Morgan fingerprint density at radius 3 is 2.47 bits per heavy atom. The zero-order valence-corrected chi connectivity index (χ0v) is 11.3. The van der Waals surface area contributed by atoms with Gasteiger partial charge in [-0.15, -0.1) is 0 Å². The smallest absolute Gasteiger partial charge is 0.276 e. The standard InChI is InChI=1S/C9H15N5O4S/c1-10-8-5-7(14(15)16)6-9(13-8)12-3-4-19(17,18)11-2/h5-6,11H,3-4H2,1-2H3,(H2,10,12,13). The first-order valence-corrected chi connectivity index (χ1v) is 7.02. The van der Waals surface area contributed by atoms with Crippen LogP contribution in [0.5, 0.6) is 0 Å². The van der Waals surface area contributed by atoms with Crippen molar-refractivity contribution >= 4 is 27.3 Å². The highest BCUT2D eigenvalue weighted by Crippen LogP contribution is 2.19. The van der Waals surface area contributed by atoms with Gasteiger partial charge in [0.1, 0.15) is 11.6 Å². The van der Waals surface area contributed by atoms with Crippen LogP contribution < -0.4 is 15.4 Å². The van der Waals surface area contributed by atoms with Crippen LogP contribution >= 0.6 is 0 Å². The molecule has 0 saturated carbocycles. The van der Waals surface area contributed by atoms with E-state index in [2.05, 4.69) is 20.3 Å². The fraction of sp³-hybridized carbons (Fsp3) is 0.444. The van der Waals surface area contributed by atoms with E-state index in [0.717, 1.165) is 0 Å². The molecular weight excluding hydrogens is 274 g/mol. The van der Waals surface area contributed by atoms with Crippen LogP contribution in [0.15, 0.2) is 12.1 Å². The molecule has 0 aliphatic heterocycles. The molecule has 0 amide bonds. The zero-order chi connectivity index (χ0) is 14.5. The third-order valence-corrected chi connectivity index (χ3v) is 3.63. The van der Waals surface area contributed by atoms with Crippen molar-refractivity contribution in [1.82, 2.24) is 9.71 Å². The highest BCUT2D eigenvalue weighted by molar-refractivity contribution is 7.89. The van der Waals surface area contributed by atoms with Crippen molar-refractivity contribution in [2.75, 3.05) is 37.0 Å². The van der Waals surface area contributed by atoms with Crippen molar-refractivity contribution < 1.29 is 13.3 Å². The van der Waals surface area contributed by atoms with Gasteiger partial charge < -0.3 is 10.6 Å². The molecule has 10 heteroatoms. The number of nitrogens with zero attached hydrogens (tertiary/aromatic N) is 2. The lowest BCUT2D eigenvalue weighted by Gasteiger charge is -2.07. The molecule has 0 saturated heterocycles. The number of hydrogen-bond acceptors (Lipinski definition) is 7. The van der Waals surface area contributed by atoms with E-state index in [1.807, 2.05) is 0 Å². The van der Waals surface area contributed by atoms with Crippen LogP contribution in [0, 0.1) is 10.1 Å². The van der Waals surface area contributed by atoms with Gasteiger partial charge in [-0.1, -0.05) is 0 Å². The SMILES string of the molecule is CNc1cc([N+](=O)[O-])cc(NCCS(=O)(=O)NC)n1. The van der Waals surface area contributed by atoms with E-state index in [4.69, 9.17) is 0 Å². The van der Waals surface area contributed by atoms with Gasteiger partial charge in [0.05, 0.1) is 22.8 Å². The van der Waals surface area contributed by atoms with Crippen molar-refractivity contribution in [3.8, 4) is 0 Å². The molecule has 1 rings (SSSR count). The predicted octanol–water partition coefficient (Wildman–Crippen LogP) is -0.00740. The summed E-state index contributed by atoms with van der Waals surface area (Å²) in [6.45, 7) is 0.0977. The summed E-state index contributed by atoms with van der Waals surface area (Å²) < 4.78 is 24.6. The molecule has 0 spiro atoms. The van der Waals surface area contributed by atoms with Crippen LogP contribution in [-0.2, 0) is 10.0 Å². The summed E-state index contributed by atoms with van der Waals surface area (Å²) in [6.07, 6.45) is 0. The lowest BCUT2D eigenvalue weighted by Crippen LogP contribution is -2.26. The molecule has 0 bridgehead atoms. The second kappa shape index (κ2) is 6.29. The molecule has 106 valence electrons. The van der Waals surface area contributed by atoms with Crippen molar-refractivity contribution in [3.63, 3.8) is 0 Å². The number of pyridine rings is 1. The lowest BCUT2D eigenvalue weighted by atomic mass is 10.3. The highest BCUT2D eigenvalue weighted by Gasteiger charge is 2.11. The normalized spacial score (nSPS) is 11.1. The monoisotopic (exact) mass is 289 g/mol. The minimum Gasteiger partial charge on any atom is -0.373 e. The third kappa shape index (κ3) is 4.67.